The maximum atomic E-state index is 14.8. The fraction of sp³-hybridized carbons (Fsp3) is 0.138. The summed E-state index contributed by atoms with van der Waals surface area (Å²) in [6, 6.07) is 17.5. The van der Waals surface area contributed by atoms with E-state index in [0.717, 1.165) is 16.7 Å². The van der Waals surface area contributed by atoms with Crippen molar-refractivity contribution in [2.24, 2.45) is 0 Å². The van der Waals surface area contributed by atoms with E-state index in [1.54, 1.807) is 48.7 Å². The number of aliphatic carboxylic acids is 1. The maximum absolute atomic E-state index is 14.8. The van der Waals surface area contributed by atoms with E-state index in [9.17, 15) is 18.4 Å². The van der Waals surface area contributed by atoms with Gasteiger partial charge in [0.05, 0.1) is 5.02 Å². The van der Waals surface area contributed by atoms with Crippen LogP contribution in [0.2, 0.25) is 10.0 Å². The van der Waals surface area contributed by atoms with E-state index in [4.69, 9.17) is 28.3 Å². The Labute approximate surface area is 228 Å². The van der Waals surface area contributed by atoms with Crippen LogP contribution in [-0.2, 0) is 11.3 Å². The Bertz CT molecular complexity index is 1490. The smallest absolute Gasteiger partial charge is 0.303 e. The summed E-state index contributed by atoms with van der Waals surface area (Å²) in [6.07, 6.45) is 1.85. The van der Waals surface area contributed by atoms with Gasteiger partial charge < -0.3 is 10.4 Å². The lowest BCUT2D eigenvalue weighted by atomic mass is 10.00. The molecule has 5 nitrogen and oxygen atoms in total. The predicted molar refractivity (Wildman–Crippen MR) is 145 cm³/mol. The van der Waals surface area contributed by atoms with Crippen molar-refractivity contribution >= 4 is 40.6 Å². The van der Waals surface area contributed by atoms with Crippen LogP contribution in [0.4, 0.5) is 14.5 Å². The molecule has 4 rings (SSSR count). The highest BCUT2D eigenvalue weighted by atomic mass is 35.5. The Kier molecular flexibility index (Phi) is 8.71. The Morgan fingerprint density at radius 3 is 2.32 bits per heavy atom. The number of hydrogen-bond acceptors (Lipinski definition) is 4. The second-order valence-corrected chi connectivity index (χ2v) is 9.42. The molecule has 38 heavy (non-hydrogen) atoms. The highest BCUT2D eigenvalue weighted by molar-refractivity contribution is 6.31. The van der Waals surface area contributed by atoms with Gasteiger partial charge in [-0.25, -0.2) is 8.78 Å². The number of nitrogens with one attached hydrogen (secondary N) is 1. The Morgan fingerprint density at radius 2 is 1.63 bits per heavy atom. The van der Waals surface area contributed by atoms with Crippen LogP contribution in [0.25, 0.3) is 22.3 Å². The molecule has 0 unspecified atom stereocenters. The number of anilines is 1. The average Bonchev–Trinajstić information content (AvgIpc) is 2.89. The normalized spacial score (nSPS) is 10.8. The molecule has 0 bridgehead atoms. The topological polar surface area (TPSA) is 79.3 Å². The minimum Gasteiger partial charge on any atom is -0.481 e. The minimum atomic E-state index is -0.946. The quantitative estimate of drug-likeness (QED) is 0.194. The van der Waals surface area contributed by atoms with Crippen LogP contribution in [0.15, 0.2) is 72.9 Å². The van der Waals surface area contributed by atoms with Crippen molar-refractivity contribution in [2.75, 3.05) is 5.32 Å². The van der Waals surface area contributed by atoms with Crippen molar-refractivity contribution in [1.29, 1.82) is 0 Å². The lowest BCUT2D eigenvalue weighted by molar-refractivity contribution is -0.137. The fourth-order valence-electron chi connectivity index (χ4n) is 3.94. The Hall–Kier alpha value is -3.81. The summed E-state index contributed by atoms with van der Waals surface area (Å²) in [5, 5.41) is 12.4. The highest BCUT2D eigenvalue weighted by Crippen LogP contribution is 2.30. The van der Waals surface area contributed by atoms with E-state index in [-0.39, 0.29) is 41.3 Å². The number of carbonyl (C=O) groups excluding carboxylic acids is 1. The number of halogens is 4. The van der Waals surface area contributed by atoms with Crippen molar-refractivity contribution in [1.82, 2.24) is 4.98 Å². The molecular weight excluding hydrogens is 533 g/mol. The zero-order valence-corrected chi connectivity index (χ0v) is 21.5. The largest absolute Gasteiger partial charge is 0.481 e. The molecule has 0 saturated carbocycles. The second-order valence-electron chi connectivity index (χ2n) is 8.58. The summed E-state index contributed by atoms with van der Waals surface area (Å²) >= 11 is 12.0. The monoisotopic (exact) mass is 554 g/mol. The van der Waals surface area contributed by atoms with Crippen LogP contribution < -0.4 is 5.32 Å². The number of ketones is 1. The van der Waals surface area contributed by atoms with E-state index >= 15 is 0 Å². The van der Waals surface area contributed by atoms with E-state index in [0.29, 0.717) is 22.8 Å². The van der Waals surface area contributed by atoms with Crippen LogP contribution in [-0.4, -0.2) is 21.8 Å². The third kappa shape index (κ3) is 6.73. The molecule has 0 radical (unpaired) electrons. The first-order valence-corrected chi connectivity index (χ1v) is 12.5. The number of aromatic nitrogens is 1. The number of carboxylic acid groups (broad SMARTS) is 1. The molecule has 0 spiro atoms. The van der Waals surface area contributed by atoms with Gasteiger partial charge in [-0.2, -0.15) is 0 Å². The summed E-state index contributed by atoms with van der Waals surface area (Å²) in [5.41, 5.74) is 3.81. The molecule has 0 aliphatic rings. The number of rotatable bonds is 10. The molecular formula is C29H22Cl2F2N2O3. The number of nitrogens with zero attached hydrogens (tertiary/aromatic N) is 1. The Balaban J connectivity index is 1.49. The molecule has 0 aliphatic heterocycles. The van der Waals surface area contributed by atoms with Crippen molar-refractivity contribution < 1.29 is 23.5 Å². The molecule has 0 fully saturated rings. The molecule has 1 heterocycles. The lowest BCUT2D eigenvalue weighted by Crippen LogP contribution is -2.05. The van der Waals surface area contributed by atoms with Gasteiger partial charge in [0.1, 0.15) is 17.3 Å². The van der Waals surface area contributed by atoms with Gasteiger partial charge in [0.25, 0.3) is 0 Å². The van der Waals surface area contributed by atoms with Crippen molar-refractivity contribution in [3.8, 4) is 22.3 Å². The highest BCUT2D eigenvalue weighted by Gasteiger charge is 2.13. The van der Waals surface area contributed by atoms with E-state index < -0.39 is 17.6 Å². The van der Waals surface area contributed by atoms with Crippen LogP contribution in [0.3, 0.4) is 0 Å². The van der Waals surface area contributed by atoms with Crippen molar-refractivity contribution in [3.63, 3.8) is 0 Å². The average molecular weight is 555 g/mol. The first-order chi connectivity index (χ1) is 18.2. The summed E-state index contributed by atoms with van der Waals surface area (Å²) in [7, 11) is 0. The first kappa shape index (κ1) is 27.2. The van der Waals surface area contributed by atoms with Gasteiger partial charge in [0.15, 0.2) is 5.78 Å². The minimum absolute atomic E-state index is 0.0293. The molecule has 194 valence electrons. The van der Waals surface area contributed by atoms with Gasteiger partial charge in [-0.05, 0) is 71.6 Å². The SMILES string of the molecule is O=C(O)CCCC(=O)c1ccc(-c2cc(Cl)ccc2CNc2ccc(-c3ccc(Cl)c(F)c3)c(F)c2)cn1. The summed E-state index contributed by atoms with van der Waals surface area (Å²) in [4.78, 5) is 27.2. The van der Waals surface area contributed by atoms with E-state index in [1.807, 2.05) is 6.07 Å². The predicted octanol–water partition coefficient (Wildman–Crippen LogP) is 8.05. The molecule has 3 aromatic carbocycles. The summed E-state index contributed by atoms with van der Waals surface area (Å²) in [5.74, 6) is -2.30. The molecule has 4 aromatic rings. The standard InChI is InChI=1S/C29H22Cl2F2N2O3/c30-20-7-4-18(23(13-20)19-6-11-27(35-16-19)28(36)2-1-3-29(37)38)15-34-21-8-9-22(25(32)14-21)17-5-10-24(31)26(33)12-17/h4-14,16,34H,1-3,15H2,(H,37,38). The zero-order valence-electron chi connectivity index (χ0n) is 20.0. The van der Waals surface area contributed by atoms with Gasteiger partial charge in [0, 0.05) is 47.4 Å². The second kappa shape index (κ2) is 12.2. The molecule has 9 heteroatoms. The van der Waals surface area contributed by atoms with Crippen LogP contribution in [0.1, 0.15) is 35.3 Å². The number of benzene rings is 3. The third-order valence-electron chi connectivity index (χ3n) is 5.91. The van der Waals surface area contributed by atoms with Gasteiger partial charge in [0.2, 0.25) is 0 Å². The van der Waals surface area contributed by atoms with Crippen LogP contribution >= 0.6 is 23.2 Å². The summed E-state index contributed by atoms with van der Waals surface area (Å²) in [6.45, 7) is 0.344. The molecule has 0 amide bonds. The van der Waals surface area contributed by atoms with E-state index in [2.05, 4.69) is 10.3 Å². The van der Waals surface area contributed by atoms with Gasteiger partial charge >= 0.3 is 5.97 Å². The first-order valence-electron chi connectivity index (χ1n) is 11.7. The van der Waals surface area contributed by atoms with Crippen molar-refractivity contribution in [3.05, 3.63) is 106 Å². The van der Waals surface area contributed by atoms with Crippen molar-refractivity contribution in [2.45, 2.75) is 25.8 Å². The maximum Gasteiger partial charge on any atom is 0.303 e. The number of Topliss-reactive ketones (excluding diaryl/α,β-unsaturated/α-hetero) is 1. The Morgan fingerprint density at radius 1 is 0.842 bits per heavy atom. The number of pyridine rings is 1. The fourth-order valence-corrected chi connectivity index (χ4v) is 4.23. The molecule has 2 N–H and O–H groups in total. The third-order valence-corrected chi connectivity index (χ3v) is 6.45. The lowest BCUT2D eigenvalue weighted by Gasteiger charge is -2.14. The summed E-state index contributed by atoms with van der Waals surface area (Å²) < 4.78 is 28.6. The zero-order chi connectivity index (χ0) is 27.2. The van der Waals surface area contributed by atoms with Gasteiger partial charge in [-0.3, -0.25) is 14.6 Å². The molecule has 0 aliphatic carbocycles. The van der Waals surface area contributed by atoms with Gasteiger partial charge in [-0.15, -0.1) is 0 Å². The molecule has 0 saturated heterocycles. The number of carbonyl (C=O) groups is 2. The number of hydrogen-bond donors (Lipinski definition) is 2. The van der Waals surface area contributed by atoms with Crippen LogP contribution in [0, 0.1) is 11.6 Å². The molecule has 1 aromatic heterocycles. The molecule has 0 atom stereocenters. The van der Waals surface area contributed by atoms with Gasteiger partial charge in [-0.1, -0.05) is 41.4 Å². The van der Waals surface area contributed by atoms with Crippen LogP contribution in [0.5, 0.6) is 0 Å². The van der Waals surface area contributed by atoms with E-state index in [1.165, 1.54) is 18.2 Å². The number of carboxylic acids is 1.